The molecule has 1 aromatic carbocycles. The van der Waals surface area contributed by atoms with Crippen molar-refractivity contribution in [3.05, 3.63) is 48.2 Å². The fourth-order valence-electron chi connectivity index (χ4n) is 4.20. The predicted molar refractivity (Wildman–Crippen MR) is 122 cm³/mol. The van der Waals surface area contributed by atoms with E-state index in [4.69, 9.17) is 0 Å². The van der Waals surface area contributed by atoms with Gasteiger partial charge in [-0.15, -0.1) is 0 Å². The van der Waals surface area contributed by atoms with Gasteiger partial charge in [-0.25, -0.2) is 13.4 Å². The molecule has 9 heteroatoms. The van der Waals surface area contributed by atoms with Crippen LogP contribution in [0.1, 0.15) is 37.8 Å². The molecule has 1 atom stereocenters. The van der Waals surface area contributed by atoms with Crippen molar-refractivity contribution in [2.45, 2.75) is 43.9 Å². The average Bonchev–Trinajstić information content (AvgIpc) is 2.97. The molecular weight excluding hydrogens is 428 g/mol. The first-order valence-electron chi connectivity index (χ1n) is 11.0. The van der Waals surface area contributed by atoms with Crippen LogP contribution >= 0.6 is 0 Å². The lowest BCUT2D eigenvalue weighted by atomic mass is 10.1. The molecule has 2 aliphatic rings. The van der Waals surface area contributed by atoms with Crippen molar-refractivity contribution in [3.63, 3.8) is 0 Å². The van der Waals surface area contributed by atoms with E-state index in [2.05, 4.69) is 10.3 Å². The average molecular weight is 457 g/mol. The molecule has 0 saturated carbocycles. The van der Waals surface area contributed by atoms with Crippen molar-refractivity contribution in [2.24, 2.45) is 5.92 Å². The Labute approximate surface area is 188 Å². The molecule has 0 unspecified atom stereocenters. The highest BCUT2D eigenvalue weighted by Gasteiger charge is 2.35. The molecule has 1 aromatic heterocycles. The molecule has 170 valence electrons. The lowest BCUT2D eigenvalue weighted by molar-refractivity contribution is -0.122. The SMILES string of the molecule is Cc1cccc(NC(=O)[C@@H]2CC(=O)N(c3ccc(S(=O)(=O)N4CCCCCC4)cc3)C2)n1. The van der Waals surface area contributed by atoms with E-state index in [9.17, 15) is 18.0 Å². The van der Waals surface area contributed by atoms with Crippen molar-refractivity contribution < 1.29 is 18.0 Å². The molecule has 0 radical (unpaired) electrons. The highest BCUT2D eigenvalue weighted by molar-refractivity contribution is 7.89. The van der Waals surface area contributed by atoms with Crippen LogP contribution in [0.3, 0.4) is 0 Å². The van der Waals surface area contributed by atoms with Crippen LogP contribution in [0, 0.1) is 12.8 Å². The minimum atomic E-state index is -3.54. The number of nitrogens with zero attached hydrogens (tertiary/aromatic N) is 3. The van der Waals surface area contributed by atoms with E-state index in [-0.39, 0.29) is 29.7 Å². The van der Waals surface area contributed by atoms with Crippen LogP contribution in [0.25, 0.3) is 0 Å². The standard InChI is InChI=1S/C23H28N4O4S/c1-17-7-6-8-21(24-17)25-23(29)18-15-22(28)27(16-18)19-9-11-20(12-10-19)32(30,31)26-13-4-2-3-5-14-26/h6-12,18H,2-5,13-16H2,1H3,(H,24,25,29)/t18-/m1/s1. The molecule has 0 aliphatic carbocycles. The second kappa shape index (κ2) is 9.38. The molecule has 1 N–H and O–H groups in total. The van der Waals surface area contributed by atoms with Gasteiger partial charge in [-0.3, -0.25) is 9.59 Å². The number of sulfonamides is 1. The molecule has 0 spiro atoms. The summed E-state index contributed by atoms with van der Waals surface area (Å²) in [5.41, 5.74) is 1.39. The number of aromatic nitrogens is 1. The molecule has 8 nitrogen and oxygen atoms in total. The van der Waals surface area contributed by atoms with Crippen molar-refractivity contribution in [2.75, 3.05) is 29.9 Å². The molecule has 4 rings (SSSR count). The zero-order valence-electron chi connectivity index (χ0n) is 18.2. The minimum absolute atomic E-state index is 0.103. The number of nitrogens with one attached hydrogen (secondary N) is 1. The largest absolute Gasteiger partial charge is 0.312 e. The molecule has 2 amide bonds. The van der Waals surface area contributed by atoms with Crippen LogP contribution in [0.15, 0.2) is 47.4 Å². The van der Waals surface area contributed by atoms with Crippen molar-refractivity contribution in [1.29, 1.82) is 0 Å². The lowest BCUT2D eigenvalue weighted by Crippen LogP contribution is -2.32. The summed E-state index contributed by atoms with van der Waals surface area (Å²) in [5.74, 6) is -0.445. The van der Waals surface area contributed by atoms with E-state index in [1.165, 1.54) is 4.90 Å². The summed E-state index contributed by atoms with van der Waals surface area (Å²) in [4.78, 5) is 31.2. The van der Waals surface area contributed by atoms with Gasteiger partial charge in [0.05, 0.1) is 10.8 Å². The number of carbonyl (C=O) groups excluding carboxylic acids is 2. The third-order valence-electron chi connectivity index (χ3n) is 5.99. The second-order valence-corrected chi connectivity index (χ2v) is 10.3. The molecule has 32 heavy (non-hydrogen) atoms. The number of anilines is 2. The highest BCUT2D eigenvalue weighted by atomic mass is 32.2. The Morgan fingerprint density at radius 2 is 1.72 bits per heavy atom. The molecule has 2 aliphatic heterocycles. The monoisotopic (exact) mass is 456 g/mol. The number of amides is 2. The first kappa shape index (κ1) is 22.4. The molecule has 2 aromatic rings. The Kier molecular flexibility index (Phi) is 6.57. The van der Waals surface area contributed by atoms with Gasteiger partial charge in [0.2, 0.25) is 21.8 Å². The van der Waals surface area contributed by atoms with Gasteiger partial charge in [-0.1, -0.05) is 18.9 Å². The quantitative estimate of drug-likeness (QED) is 0.746. The van der Waals surface area contributed by atoms with Gasteiger partial charge in [0, 0.05) is 37.4 Å². The second-order valence-electron chi connectivity index (χ2n) is 8.37. The van der Waals surface area contributed by atoms with Gasteiger partial charge >= 0.3 is 0 Å². The Morgan fingerprint density at radius 3 is 2.38 bits per heavy atom. The lowest BCUT2D eigenvalue weighted by Gasteiger charge is -2.21. The number of benzene rings is 1. The van der Waals surface area contributed by atoms with Crippen molar-refractivity contribution in [3.8, 4) is 0 Å². The van der Waals surface area contributed by atoms with E-state index in [1.54, 1.807) is 34.6 Å². The van der Waals surface area contributed by atoms with Gasteiger partial charge in [0.25, 0.3) is 0 Å². The molecule has 2 fully saturated rings. The highest BCUT2D eigenvalue weighted by Crippen LogP contribution is 2.28. The summed E-state index contributed by atoms with van der Waals surface area (Å²) in [5, 5.41) is 2.77. The molecule has 0 bridgehead atoms. The topological polar surface area (TPSA) is 99.7 Å². The summed E-state index contributed by atoms with van der Waals surface area (Å²) in [6.45, 7) is 3.17. The first-order valence-corrected chi connectivity index (χ1v) is 12.4. The Morgan fingerprint density at radius 1 is 1.03 bits per heavy atom. The number of hydrogen-bond donors (Lipinski definition) is 1. The van der Waals surface area contributed by atoms with Gasteiger partial charge in [-0.2, -0.15) is 4.31 Å². The molecule has 3 heterocycles. The third-order valence-corrected chi connectivity index (χ3v) is 7.90. The number of aryl methyl sites for hydroxylation is 1. The van der Waals surface area contributed by atoms with E-state index >= 15 is 0 Å². The number of rotatable bonds is 5. The summed E-state index contributed by atoms with van der Waals surface area (Å²) in [6, 6.07) is 11.7. The van der Waals surface area contributed by atoms with E-state index < -0.39 is 15.9 Å². The number of pyridine rings is 1. The smallest absolute Gasteiger partial charge is 0.243 e. The van der Waals surface area contributed by atoms with E-state index in [0.29, 0.717) is 24.6 Å². The number of carbonyl (C=O) groups is 2. The van der Waals surface area contributed by atoms with Crippen LogP contribution in [-0.2, 0) is 19.6 Å². The fraction of sp³-hybridized carbons (Fsp3) is 0.435. The number of hydrogen-bond acceptors (Lipinski definition) is 5. The summed E-state index contributed by atoms with van der Waals surface area (Å²) >= 11 is 0. The van der Waals surface area contributed by atoms with Gasteiger partial charge in [0.15, 0.2) is 0 Å². The van der Waals surface area contributed by atoms with E-state index in [0.717, 1.165) is 31.4 Å². The zero-order chi connectivity index (χ0) is 22.7. The maximum Gasteiger partial charge on any atom is 0.243 e. The fourth-order valence-corrected chi connectivity index (χ4v) is 5.72. The van der Waals surface area contributed by atoms with Gasteiger partial charge in [0.1, 0.15) is 5.82 Å². The van der Waals surface area contributed by atoms with Crippen LogP contribution in [0.4, 0.5) is 11.5 Å². The van der Waals surface area contributed by atoms with Crippen molar-refractivity contribution in [1.82, 2.24) is 9.29 Å². The summed E-state index contributed by atoms with van der Waals surface area (Å²) in [7, 11) is -3.54. The predicted octanol–water partition coefficient (Wildman–Crippen LogP) is 2.95. The Hall–Kier alpha value is -2.78. The van der Waals surface area contributed by atoms with Crippen LogP contribution < -0.4 is 10.2 Å². The molecular formula is C23H28N4O4S. The van der Waals surface area contributed by atoms with Crippen LogP contribution in [-0.4, -0.2) is 49.2 Å². The van der Waals surface area contributed by atoms with Gasteiger partial charge < -0.3 is 10.2 Å². The molecule has 2 saturated heterocycles. The van der Waals surface area contributed by atoms with E-state index in [1.807, 2.05) is 19.1 Å². The Balaban J connectivity index is 1.43. The zero-order valence-corrected chi connectivity index (χ0v) is 19.0. The van der Waals surface area contributed by atoms with Crippen LogP contribution in [0.2, 0.25) is 0 Å². The minimum Gasteiger partial charge on any atom is -0.312 e. The van der Waals surface area contributed by atoms with Crippen molar-refractivity contribution >= 4 is 33.3 Å². The maximum atomic E-state index is 13.0. The van der Waals surface area contributed by atoms with Crippen LogP contribution in [0.5, 0.6) is 0 Å². The first-order chi connectivity index (χ1) is 15.3. The maximum absolute atomic E-state index is 13.0. The third kappa shape index (κ3) is 4.83. The summed E-state index contributed by atoms with van der Waals surface area (Å²) in [6.07, 6.45) is 3.96. The summed E-state index contributed by atoms with van der Waals surface area (Å²) < 4.78 is 27.5. The van der Waals surface area contributed by atoms with Gasteiger partial charge in [-0.05, 0) is 56.2 Å². The normalized spacial score (nSPS) is 20.2. The Bertz CT molecular complexity index is 1090.